The van der Waals surface area contributed by atoms with E-state index < -0.39 is 0 Å². The average molecular weight is 426 g/mol. The molecule has 0 aromatic heterocycles. The Labute approximate surface area is 178 Å². The summed E-state index contributed by atoms with van der Waals surface area (Å²) in [5.74, 6) is 1.99. The Morgan fingerprint density at radius 2 is 1.93 bits per heavy atom. The van der Waals surface area contributed by atoms with Crippen LogP contribution in [0.3, 0.4) is 0 Å². The molecule has 2 N–H and O–H groups in total. The van der Waals surface area contributed by atoms with Crippen LogP contribution < -0.4 is 20.1 Å². The first-order valence-electron chi connectivity index (χ1n) is 10.1. The summed E-state index contributed by atoms with van der Waals surface area (Å²) in [5.41, 5.74) is 0.651. The third kappa shape index (κ3) is 6.24. The van der Waals surface area contributed by atoms with Gasteiger partial charge in [0.1, 0.15) is 11.5 Å². The van der Waals surface area contributed by atoms with Gasteiger partial charge in [0.2, 0.25) is 11.8 Å². The van der Waals surface area contributed by atoms with Crippen molar-refractivity contribution in [3.05, 3.63) is 18.2 Å². The van der Waals surface area contributed by atoms with Crippen LogP contribution in [0.4, 0.5) is 5.69 Å². The molecule has 2 aliphatic rings. The highest BCUT2D eigenvalue weighted by atomic mass is 35.5. The molecular weight excluding hydrogens is 394 g/mol. The molecule has 0 saturated carbocycles. The van der Waals surface area contributed by atoms with E-state index in [9.17, 15) is 9.59 Å². The monoisotopic (exact) mass is 425 g/mol. The normalized spacial score (nSPS) is 19.4. The average Bonchev–Trinajstić information content (AvgIpc) is 3.27. The Hall–Kier alpha value is -1.99. The Kier molecular flexibility index (Phi) is 9.04. The van der Waals surface area contributed by atoms with Gasteiger partial charge in [-0.1, -0.05) is 0 Å². The Morgan fingerprint density at radius 3 is 2.55 bits per heavy atom. The number of benzene rings is 1. The first-order chi connectivity index (χ1) is 13.6. The Morgan fingerprint density at radius 1 is 1.17 bits per heavy atom. The molecule has 0 aliphatic carbocycles. The van der Waals surface area contributed by atoms with Crippen LogP contribution in [0.2, 0.25) is 0 Å². The zero-order valence-corrected chi connectivity index (χ0v) is 18.1. The zero-order valence-electron chi connectivity index (χ0n) is 17.2. The number of likely N-dealkylation sites (tertiary alicyclic amines) is 1. The summed E-state index contributed by atoms with van der Waals surface area (Å²) in [6.07, 6.45) is 5.29. The van der Waals surface area contributed by atoms with E-state index in [4.69, 9.17) is 9.47 Å². The first-order valence-corrected chi connectivity index (χ1v) is 10.1. The molecule has 8 heteroatoms. The van der Waals surface area contributed by atoms with Gasteiger partial charge < -0.3 is 25.0 Å². The van der Waals surface area contributed by atoms with Crippen LogP contribution in [-0.2, 0) is 9.59 Å². The summed E-state index contributed by atoms with van der Waals surface area (Å²) in [7, 11) is 3.16. The summed E-state index contributed by atoms with van der Waals surface area (Å²) >= 11 is 0. The van der Waals surface area contributed by atoms with Crippen molar-refractivity contribution in [3.8, 4) is 11.5 Å². The van der Waals surface area contributed by atoms with Crippen molar-refractivity contribution in [1.82, 2.24) is 10.2 Å². The first kappa shape index (κ1) is 23.3. The fraction of sp³-hybridized carbons (Fsp3) is 0.619. The van der Waals surface area contributed by atoms with Gasteiger partial charge >= 0.3 is 0 Å². The molecule has 2 fully saturated rings. The zero-order chi connectivity index (χ0) is 19.9. The number of nitrogens with zero attached hydrogens (tertiary/aromatic N) is 1. The second-order valence-corrected chi connectivity index (χ2v) is 7.57. The van der Waals surface area contributed by atoms with Gasteiger partial charge in [-0.05, 0) is 56.7 Å². The van der Waals surface area contributed by atoms with Crippen molar-refractivity contribution in [2.24, 2.45) is 5.92 Å². The maximum atomic E-state index is 12.5. The van der Waals surface area contributed by atoms with Crippen molar-refractivity contribution in [3.63, 3.8) is 0 Å². The SMILES string of the molecule is COc1ccc(NC(=O)CCC2CCN(C(=O)[C@H]3CCCN3)CC2)c(OC)c1.Cl. The van der Waals surface area contributed by atoms with Crippen molar-refractivity contribution in [1.29, 1.82) is 0 Å². The van der Waals surface area contributed by atoms with Gasteiger partial charge in [0.05, 0.1) is 25.9 Å². The highest BCUT2D eigenvalue weighted by Gasteiger charge is 2.29. The van der Waals surface area contributed by atoms with Gasteiger partial charge in [-0.3, -0.25) is 9.59 Å². The van der Waals surface area contributed by atoms with Crippen molar-refractivity contribution >= 4 is 29.9 Å². The number of nitrogens with one attached hydrogen (secondary N) is 2. The Bertz CT molecular complexity index is 687. The number of anilines is 1. The molecule has 29 heavy (non-hydrogen) atoms. The van der Waals surface area contributed by atoms with Crippen molar-refractivity contribution in [2.75, 3.05) is 39.2 Å². The molecule has 2 heterocycles. The number of carbonyl (C=O) groups is 2. The van der Waals surface area contributed by atoms with E-state index in [-0.39, 0.29) is 30.3 Å². The second-order valence-electron chi connectivity index (χ2n) is 7.57. The van der Waals surface area contributed by atoms with E-state index in [0.29, 0.717) is 29.5 Å². The number of methoxy groups -OCH3 is 2. The summed E-state index contributed by atoms with van der Waals surface area (Å²) in [4.78, 5) is 26.8. The quantitative estimate of drug-likeness (QED) is 0.702. The van der Waals surface area contributed by atoms with Crippen LogP contribution in [0.15, 0.2) is 18.2 Å². The predicted molar refractivity (Wildman–Crippen MR) is 115 cm³/mol. The molecule has 0 radical (unpaired) electrons. The van der Waals surface area contributed by atoms with E-state index >= 15 is 0 Å². The number of piperidine rings is 1. The number of rotatable bonds is 7. The summed E-state index contributed by atoms with van der Waals surface area (Å²) in [6.45, 7) is 2.55. The molecule has 1 atom stereocenters. The fourth-order valence-corrected chi connectivity index (χ4v) is 4.01. The molecular formula is C21H32ClN3O4. The van der Waals surface area contributed by atoms with Gasteiger partial charge in [-0.15, -0.1) is 12.4 Å². The van der Waals surface area contributed by atoms with Crippen LogP contribution in [0.5, 0.6) is 11.5 Å². The lowest BCUT2D eigenvalue weighted by molar-refractivity contribution is -0.134. The molecule has 2 amide bonds. The fourth-order valence-electron chi connectivity index (χ4n) is 4.01. The maximum absolute atomic E-state index is 12.5. The number of hydrogen-bond acceptors (Lipinski definition) is 5. The van der Waals surface area contributed by atoms with Gasteiger partial charge in [-0.2, -0.15) is 0 Å². The van der Waals surface area contributed by atoms with Gasteiger partial charge in [0.25, 0.3) is 0 Å². The molecule has 162 valence electrons. The van der Waals surface area contributed by atoms with E-state index in [0.717, 1.165) is 51.7 Å². The number of carbonyl (C=O) groups excluding carboxylic acids is 2. The molecule has 2 saturated heterocycles. The number of amides is 2. The molecule has 3 rings (SSSR count). The van der Waals surface area contributed by atoms with Crippen LogP contribution in [0.25, 0.3) is 0 Å². The van der Waals surface area contributed by atoms with Crippen molar-refractivity contribution in [2.45, 2.75) is 44.6 Å². The number of hydrogen-bond donors (Lipinski definition) is 2. The molecule has 1 aromatic carbocycles. The maximum Gasteiger partial charge on any atom is 0.239 e. The standard InChI is InChI=1S/C21H31N3O4.ClH/c1-27-16-6-7-17(19(14-16)28-2)23-20(25)8-5-15-9-12-24(13-10-15)21(26)18-4-3-11-22-18;/h6-7,14-15,18,22H,3-5,8-13H2,1-2H3,(H,23,25);1H/t18-;/m1./s1. The largest absolute Gasteiger partial charge is 0.497 e. The minimum Gasteiger partial charge on any atom is -0.497 e. The molecule has 0 spiro atoms. The van der Waals surface area contributed by atoms with Gasteiger partial charge in [0, 0.05) is 25.6 Å². The van der Waals surface area contributed by atoms with E-state index in [2.05, 4.69) is 10.6 Å². The van der Waals surface area contributed by atoms with Crippen LogP contribution in [-0.4, -0.2) is 56.6 Å². The molecule has 0 bridgehead atoms. The van der Waals surface area contributed by atoms with Crippen LogP contribution in [0.1, 0.15) is 38.5 Å². The van der Waals surface area contributed by atoms with E-state index in [1.807, 2.05) is 4.90 Å². The minimum atomic E-state index is -0.0165. The number of halogens is 1. The lowest BCUT2D eigenvalue weighted by Gasteiger charge is -2.33. The molecule has 7 nitrogen and oxygen atoms in total. The lowest BCUT2D eigenvalue weighted by atomic mass is 9.91. The topological polar surface area (TPSA) is 79.9 Å². The van der Waals surface area contributed by atoms with Gasteiger partial charge in [0.15, 0.2) is 0 Å². The second kappa shape index (κ2) is 11.3. The third-order valence-corrected chi connectivity index (χ3v) is 5.75. The summed E-state index contributed by atoms with van der Waals surface area (Å²) in [6, 6.07) is 5.35. The smallest absolute Gasteiger partial charge is 0.239 e. The van der Waals surface area contributed by atoms with E-state index in [1.165, 1.54) is 0 Å². The third-order valence-electron chi connectivity index (χ3n) is 5.75. The minimum absolute atomic E-state index is 0. The van der Waals surface area contributed by atoms with Crippen LogP contribution >= 0.6 is 12.4 Å². The highest BCUT2D eigenvalue weighted by Crippen LogP contribution is 2.29. The highest BCUT2D eigenvalue weighted by molar-refractivity contribution is 5.92. The summed E-state index contributed by atoms with van der Waals surface area (Å²) < 4.78 is 10.5. The molecule has 1 aromatic rings. The van der Waals surface area contributed by atoms with E-state index in [1.54, 1.807) is 32.4 Å². The number of ether oxygens (including phenoxy) is 2. The summed E-state index contributed by atoms with van der Waals surface area (Å²) in [5, 5.41) is 6.21. The molecule has 0 unspecified atom stereocenters. The van der Waals surface area contributed by atoms with Gasteiger partial charge in [-0.25, -0.2) is 0 Å². The van der Waals surface area contributed by atoms with Crippen LogP contribution in [0, 0.1) is 5.92 Å². The molecule has 2 aliphatic heterocycles. The Balaban J connectivity index is 0.00000300. The predicted octanol–water partition coefficient (Wildman–Crippen LogP) is 2.83. The van der Waals surface area contributed by atoms with Crippen molar-refractivity contribution < 1.29 is 19.1 Å². The lowest BCUT2D eigenvalue weighted by Crippen LogP contribution is -2.47.